The second kappa shape index (κ2) is 7.04. The minimum atomic E-state index is -0.193. The highest BCUT2D eigenvalue weighted by atomic mass is 19.1. The van der Waals surface area contributed by atoms with Gasteiger partial charge < -0.3 is 4.90 Å². The molecule has 0 radical (unpaired) electrons. The van der Waals surface area contributed by atoms with Gasteiger partial charge in [0, 0.05) is 24.7 Å². The second-order valence-corrected chi connectivity index (χ2v) is 7.89. The molecule has 0 spiro atoms. The van der Waals surface area contributed by atoms with Crippen LogP contribution in [0.4, 0.5) is 10.1 Å². The fourth-order valence-electron chi connectivity index (χ4n) is 4.62. The van der Waals surface area contributed by atoms with Crippen molar-refractivity contribution < 1.29 is 4.39 Å². The van der Waals surface area contributed by atoms with E-state index in [1.54, 1.807) is 12.1 Å². The van der Waals surface area contributed by atoms with E-state index in [0.29, 0.717) is 5.92 Å². The third kappa shape index (κ3) is 3.09. The number of aryl methyl sites for hydroxylation is 1. The molecule has 2 heterocycles. The predicted molar refractivity (Wildman–Crippen MR) is 110 cm³/mol. The van der Waals surface area contributed by atoms with E-state index in [1.807, 2.05) is 12.1 Å². The van der Waals surface area contributed by atoms with Crippen molar-refractivity contribution in [1.29, 1.82) is 0 Å². The number of nitrogens with one attached hydrogen (secondary N) is 2. The summed E-state index contributed by atoms with van der Waals surface area (Å²) in [5.41, 5.74) is 13.3. The van der Waals surface area contributed by atoms with Crippen molar-refractivity contribution in [3.63, 3.8) is 0 Å². The van der Waals surface area contributed by atoms with Gasteiger partial charge in [0.15, 0.2) is 0 Å². The third-order valence-electron chi connectivity index (χ3n) is 5.99. The lowest BCUT2D eigenvalue weighted by molar-refractivity contribution is 0.402. The van der Waals surface area contributed by atoms with Crippen LogP contribution in [0.2, 0.25) is 0 Å². The number of hydrogen-bond donors (Lipinski definition) is 2. The lowest BCUT2D eigenvalue weighted by Crippen LogP contribution is -2.39. The molecule has 2 aliphatic heterocycles. The van der Waals surface area contributed by atoms with Gasteiger partial charge in [-0.3, -0.25) is 0 Å². The highest BCUT2D eigenvalue weighted by Gasteiger charge is 2.43. The Labute approximate surface area is 165 Å². The summed E-state index contributed by atoms with van der Waals surface area (Å²) < 4.78 is 13.4. The van der Waals surface area contributed by atoms with E-state index in [0.717, 1.165) is 18.7 Å². The molecule has 3 aromatic carbocycles. The lowest BCUT2D eigenvalue weighted by Gasteiger charge is -2.39. The molecule has 1 saturated heterocycles. The van der Waals surface area contributed by atoms with Gasteiger partial charge >= 0.3 is 0 Å². The monoisotopic (exact) mass is 373 g/mol. The van der Waals surface area contributed by atoms with Gasteiger partial charge in [-0.15, -0.1) is 0 Å². The minimum absolute atomic E-state index is 0.150. The molecule has 0 saturated carbocycles. The Kier molecular flexibility index (Phi) is 4.38. The molecule has 0 amide bonds. The number of hydrogen-bond acceptors (Lipinski definition) is 3. The van der Waals surface area contributed by atoms with Gasteiger partial charge in [0.25, 0.3) is 0 Å². The molecule has 2 N–H and O–H groups in total. The zero-order chi connectivity index (χ0) is 19.1. The van der Waals surface area contributed by atoms with Crippen LogP contribution in [0.3, 0.4) is 0 Å². The average molecular weight is 373 g/mol. The predicted octanol–water partition coefficient (Wildman–Crippen LogP) is 4.66. The number of hydrazine groups is 1. The molecule has 3 nitrogen and oxygen atoms in total. The van der Waals surface area contributed by atoms with Gasteiger partial charge in [-0.1, -0.05) is 60.2 Å². The number of nitrogens with zero attached hydrogens (tertiary/aromatic N) is 1. The summed E-state index contributed by atoms with van der Waals surface area (Å²) in [5.74, 6) is 0.171. The quantitative estimate of drug-likeness (QED) is 0.699. The SMILES string of the molecule is Cc1ccc2c(c1)C1NNC(c3ccc(F)cc3)C1CN2Cc1ccccc1. The molecular weight excluding hydrogens is 349 g/mol. The highest BCUT2D eigenvalue weighted by molar-refractivity contribution is 5.59. The Morgan fingerprint density at radius 2 is 1.68 bits per heavy atom. The fourth-order valence-corrected chi connectivity index (χ4v) is 4.62. The van der Waals surface area contributed by atoms with Crippen LogP contribution in [0.1, 0.15) is 34.3 Å². The van der Waals surface area contributed by atoms with Gasteiger partial charge in [0.1, 0.15) is 5.82 Å². The number of rotatable bonds is 3. The maximum atomic E-state index is 13.4. The van der Waals surface area contributed by atoms with Crippen LogP contribution in [-0.2, 0) is 6.54 Å². The van der Waals surface area contributed by atoms with Crippen LogP contribution in [0.5, 0.6) is 0 Å². The minimum Gasteiger partial charge on any atom is -0.367 e. The van der Waals surface area contributed by atoms with E-state index < -0.39 is 0 Å². The van der Waals surface area contributed by atoms with E-state index in [4.69, 9.17) is 0 Å². The van der Waals surface area contributed by atoms with Crippen LogP contribution in [0.25, 0.3) is 0 Å². The third-order valence-corrected chi connectivity index (χ3v) is 5.99. The molecule has 1 fully saturated rings. The van der Waals surface area contributed by atoms with Crippen molar-refractivity contribution in [2.75, 3.05) is 11.4 Å². The van der Waals surface area contributed by atoms with Crippen LogP contribution in [-0.4, -0.2) is 6.54 Å². The van der Waals surface area contributed by atoms with Crippen LogP contribution >= 0.6 is 0 Å². The van der Waals surface area contributed by atoms with Crippen molar-refractivity contribution in [3.05, 3.63) is 101 Å². The van der Waals surface area contributed by atoms with Gasteiger partial charge in [0.2, 0.25) is 0 Å². The van der Waals surface area contributed by atoms with Crippen molar-refractivity contribution in [2.45, 2.75) is 25.6 Å². The van der Waals surface area contributed by atoms with E-state index in [9.17, 15) is 4.39 Å². The standard InChI is InChI=1S/C24H24FN3/c1-16-7-12-22-20(13-16)24-21(15-28(22)14-17-5-3-2-4-6-17)23(26-27-24)18-8-10-19(25)11-9-18/h2-13,21,23-24,26-27H,14-15H2,1H3. The Balaban J connectivity index is 1.52. The molecule has 0 aromatic heterocycles. The highest BCUT2D eigenvalue weighted by Crippen LogP contribution is 2.45. The Morgan fingerprint density at radius 3 is 2.46 bits per heavy atom. The first-order valence-corrected chi connectivity index (χ1v) is 9.85. The second-order valence-electron chi connectivity index (χ2n) is 7.89. The molecule has 3 unspecified atom stereocenters. The van der Waals surface area contributed by atoms with Crippen molar-refractivity contribution in [1.82, 2.24) is 10.9 Å². The lowest BCUT2D eigenvalue weighted by atomic mass is 9.81. The van der Waals surface area contributed by atoms with Gasteiger partial charge in [0.05, 0.1) is 12.1 Å². The zero-order valence-electron chi connectivity index (χ0n) is 15.9. The molecule has 142 valence electrons. The van der Waals surface area contributed by atoms with Crippen molar-refractivity contribution >= 4 is 5.69 Å². The molecule has 5 rings (SSSR count). The summed E-state index contributed by atoms with van der Waals surface area (Å²) in [6, 6.07) is 24.6. The first kappa shape index (κ1) is 17.4. The fraction of sp³-hybridized carbons (Fsp3) is 0.250. The van der Waals surface area contributed by atoms with Gasteiger partial charge in [-0.2, -0.15) is 0 Å². The Bertz CT molecular complexity index is 971. The Hall–Kier alpha value is -2.69. The summed E-state index contributed by atoms with van der Waals surface area (Å²) in [7, 11) is 0. The Morgan fingerprint density at radius 1 is 0.929 bits per heavy atom. The van der Waals surface area contributed by atoms with E-state index in [-0.39, 0.29) is 17.9 Å². The number of halogens is 1. The number of anilines is 1. The van der Waals surface area contributed by atoms with E-state index in [1.165, 1.54) is 22.4 Å². The van der Waals surface area contributed by atoms with Crippen molar-refractivity contribution in [3.8, 4) is 0 Å². The summed E-state index contributed by atoms with van der Waals surface area (Å²) in [4.78, 5) is 2.48. The molecule has 0 bridgehead atoms. The average Bonchev–Trinajstić information content (AvgIpc) is 3.13. The zero-order valence-corrected chi connectivity index (χ0v) is 15.9. The van der Waals surface area contributed by atoms with Crippen LogP contribution in [0.15, 0.2) is 72.8 Å². The summed E-state index contributed by atoms with van der Waals surface area (Å²) in [5, 5.41) is 0. The first-order valence-electron chi connectivity index (χ1n) is 9.85. The summed E-state index contributed by atoms with van der Waals surface area (Å²) in [6.45, 7) is 3.97. The van der Waals surface area contributed by atoms with Crippen molar-refractivity contribution in [2.24, 2.45) is 5.92 Å². The number of benzene rings is 3. The van der Waals surface area contributed by atoms with Gasteiger partial charge in [-0.05, 0) is 41.8 Å². The first-order chi connectivity index (χ1) is 13.7. The molecule has 2 aliphatic rings. The molecule has 28 heavy (non-hydrogen) atoms. The normalized spacial score (nSPS) is 23.4. The molecule has 3 atom stereocenters. The largest absolute Gasteiger partial charge is 0.367 e. The van der Waals surface area contributed by atoms with E-state index in [2.05, 4.69) is 71.2 Å². The molecule has 3 aromatic rings. The maximum absolute atomic E-state index is 13.4. The van der Waals surface area contributed by atoms with Crippen LogP contribution < -0.4 is 15.8 Å². The summed E-state index contributed by atoms with van der Waals surface area (Å²) in [6.07, 6.45) is 0. The van der Waals surface area contributed by atoms with Crippen LogP contribution in [0, 0.1) is 18.7 Å². The van der Waals surface area contributed by atoms with Gasteiger partial charge in [-0.25, -0.2) is 15.2 Å². The van der Waals surface area contributed by atoms with E-state index >= 15 is 0 Å². The topological polar surface area (TPSA) is 27.3 Å². The molecular formula is C24H24FN3. The summed E-state index contributed by atoms with van der Waals surface area (Å²) >= 11 is 0. The maximum Gasteiger partial charge on any atom is 0.123 e. The number of fused-ring (bicyclic) bond motifs is 3. The molecule has 0 aliphatic carbocycles. The molecule has 4 heteroatoms. The smallest absolute Gasteiger partial charge is 0.123 e.